The first-order valence-electron chi connectivity index (χ1n) is 6.23. The van der Waals surface area contributed by atoms with E-state index in [1.807, 2.05) is 13.8 Å². The molecule has 4 nitrogen and oxygen atoms in total. The van der Waals surface area contributed by atoms with Crippen LogP contribution in [0.4, 0.5) is 0 Å². The summed E-state index contributed by atoms with van der Waals surface area (Å²) >= 11 is 0. The molecule has 1 unspecified atom stereocenters. The average molecular weight is 237 g/mol. The van der Waals surface area contributed by atoms with Gasteiger partial charge in [-0.2, -0.15) is 0 Å². The molecule has 17 heavy (non-hydrogen) atoms. The van der Waals surface area contributed by atoms with Crippen molar-refractivity contribution in [3.8, 4) is 5.88 Å². The smallest absolute Gasteiger partial charge is 0.219 e. The molecule has 0 fully saturated rings. The molecule has 0 aliphatic heterocycles. The maximum atomic E-state index is 6.10. The molecule has 0 bridgehead atoms. The summed E-state index contributed by atoms with van der Waals surface area (Å²) in [5, 5.41) is 0. The minimum absolute atomic E-state index is 0.151. The molecule has 0 spiro atoms. The Morgan fingerprint density at radius 2 is 2.06 bits per heavy atom. The first kappa shape index (κ1) is 13.9. The van der Waals surface area contributed by atoms with E-state index < -0.39 is 0 Å². The SMILES string of the molecule is CCOc1ncnc(CC(N)CC(C)C)c1C. The lowest BCUT2D eigenvalue weighted by atomic mass is 9.99. The number of nitrogens with two attached hydrogens (primary N) is 1. The van der Waals surface area contributed by atoms with Gasteiger partial charge in [-0.1, -0.05) is 13.8 Å². The number of nitrogens with zero attached hydrogens (tertiary/aromatic N) is 2. The highest BCUT2D eigenvalue weighted by molar-refractivity contribution is 5.28. The number of hydrogen-bond donors (Lipinski definition) is 1. The Bertz CT molecular complexity index is 353. The minimum atomic E-state index is 0.151. The fraction of sp³-hybridized carbons (Fsp3) is 0.692. The van der Waals surface area contributed by atoms with Crippen LogP contribution in [0.2, 0.25) is 0 Å². The second kappa shape index (κ2) is 6.55. The number of hydrogen-bond acceptors (Lipinski definition) is 4. The van der Waals surface area contributed by atoms with Crippen molar-refractivity contribution in [3.05, 3.63) is 17.6 Å². The van der Waals surface area contributed by atoms with Crippen molar-refractivity contribution in [1.82, 2.24) is 9.97 Å². The van der Waals surface area contributed by atoms with Crippen LogP contribution in [0.15, 0.2) is 6.33 Å². The second-order valence-electron chi connectivity index (χ2n) is 4.78. The van der Waals surface area contributed by atoms with E-state index in [0.717, 1.165) is 24.1 Å². The van der Waals surface area contributed by atoms with Crippen LogP contribution in [-0.4, -0.2) is 22.6 Å². The molecule has 0 saturated heterocycles. The van der Waals surface area contributed by atoms with Gasteiger partial charge in [0.1, 0.15) is 6.33 Å². The van der Waals surface area contributed by atoms with Crippen LogP contribution in [0.1, 0.15) is 38.4 Å². The second-order valence-corrected chi connectivity index (χ2v) is 4.78. The molecule has 0 aromatic carbocycles. The van der Waals surface area contributed by atoms with Crippen molar-refractivity contribution in [2.24, 2.45) is 11.7 Å². The van der Waals surface area contributed by atoms with Gasteiger partial charge in [-0.05, 0) is 26.2 Å². The molecule has 1 atom stereocenters. The summed E-state index contributed by atoms with van der Waals surface area (Å²) in [4.78, 5) is 8.42. The topological polar surface area (TPSA) is 61.0 Å². The van der Waals surface area contributed by atoms with Crippen LogP contribution < -0.4 is 10.5 Å². The third-order valence-electron chi connectivity index (χ3n) is 2.65. The summed E-state index contributed by atoms with van der Waals surface area (Å²) in [5.41, 5.74) is 8.10. The third-order valence-corrected chi connectivity index (χ3v) is 2.65. The molecular weight excluding hydrogens is 214 g/mol. The van der Waals surface area contributed by atoms with Crippen molar-refractivity contribution in [3.63, 3.8) is 0 Å². The Hall–Kier alpha value is -1.16. The Morgan fingerprint density at radius 1 is 1.35 bits per heavy atom. The zero-order valence-corrected chi connectivity index (χ0v) is 11.2. The predicted molar refractivity (Wildman–Crippen MR) is 69.1 cm³/mol. The van der Waals surface area contributed by atoms with Crippen LogP contribution in [0.3, 0.4) is 0 Å². The largest absolute Gasteiger partial charge is 0.478 e. The lowest BCUT2D eigenvalue weighted by Crippen LogP contribution is -2.25. The van der Waals surface area contributed by atoms with Crippen molar-refractivity contribution in [1.29, 1.82) is 0 Å². The van der Waals surface area contributed by atoms with Crippen LogP contribution in [0, 0.1) is 12.8 Å². The van der Waals surface area contributed by atoms with E-state index in [1.54, 1.807) is 6.33 Å². The van der Waals surface area contributed by atoms with E-state index in [4.69, 9.17) is 10.5 Å². The molecule has 1 rings (SSSR count). The van der Waals surface area contributed by atoms with Crippen molar-refractivity contribution >= 4 is 0 Å². The molecule has 4 heteroatoms. The van der Waals surface area contributed by atoms with Gasteiger partial charge in [-0.3, -0.25) is 0 Å². The van der Waals surface area contributed by atoms with Gasteiger partial charge >= 0.3 is 0 Å². The van der Waals surface area contributed by atoms with E-state index >= 15 is 0 Å². The monoisotopic (exact) mass is 237 g/mol. The van der Waals surface area contributed by atoms with E-state index in [2.05, 4.69) is 23.8 Å². The first-order chi connectivity index (χ1) is 8.04. The molecule has 0 amide bonds. The summed E-state index contributed by atoms with van der Waals surface area (Å²) in [7, 11) is 0. The maximum absolute atomic E-state index is 6.10. The van der Waals surface area contributed by atoms with E-state index in [0.29, 0.717) is 18.4 Å². The van der Waals surface area contributed by atoms with Gasteiger partial charge in [0.15, 0.2) is 0 Å². The van der Waals surface area contributed by atoms with Crippen LogP contribution in [0.25, 0.3) is 0 Å². The Kier molecular flexibility index (Phi) is 5.35. The molecule has 0 radical (unpaired) electrons. The van der Waals surface area contributed by atoms with Gasteiger partial charge in [-0.25, -0.2) is 9.97 Å². The quantitative estimate of drug-likeness (QED) is 0.823. The average Bonchev–Trinajstić information content (AvgIpc) is 2.23. The standard InChI is InChI=1S/C13H23N3O/c1-5-17-13-10(4)12(15-8-16-13)7-11(14)6-9(2)3/h8-9,11H,5-7,14H2,1-4H3. The predicted octanol–water partition coefficient (Wildman–Crippen LogP) is 2.10. The van der Waals surface area contributed by atoms with Gasteiger partial charge in [0, 0.05) is 18.0 Å². The van der Waals surface area contributed by atoms with Gasteiger partial charge in [0.2, 0.25) is 5.88 Å². The van der Waals surface area contributed by atoms with Gasteiger partial charge < -0.3 is 10.5 Å². The fourth-order valence-corrected chi connectivity index (χ4v) is 1.89. The lowest BCUT2D eigenvalue weighted by molar-refractivity contribution is 0.322. The number of rotatable bonds is 6. The molecule has 1 aromatic rings. The summed E-state index contributed by atoms with van der Waals surface area (Å²) in [5.74, 6) is 1.28. The zero-order chi connectivity index (χ0) is 12.8. The molecule has 96 valence electrons. The number of ether oxygens (including phenoxy) is 1. The van der Waals surface area contributed by atoms with Crippen LogP contribution in [-0.2, 0) is 6.42 Å². The highest BCUT2D eigenvalue weighted by atomic mass is 16.5. The Balaban J connectivity index is 2.73. The van der Waals surface area contributed by atoms with Crippen molar-refractivity contribution in [2.45, 2.75) is 46.6 Å². The van der Waals surface area contributed by atoms with Gasteiger partial charge in [0.05, 0.1) is 12.3 Å². The third kappa shape index (κ3) is 4.30. The van der Waals surface area contributed by atoms with Gasteiger partial charge in [-0.15, -0.1) is 0 Å². The van der Waals surface area contributed by atoms with E-state index in [9.17, 15) is 0 Å². The summed E-state index contributed by atoms with van der Waals surface area (Å²) < 4.78 is 5.45. The highest BCUT2D eigenvalue weighted by Crippen LogP contribution is 2.18. The summed E-state index contributed by atoms with van der Waals surface area (Å²) in [6, 6.07) is 0.151. The highest BCUT2D eigenvalue weighted by Gasteiger charge is 2.12. The van der Waals surface area contributed by atoms with E-state index in [1.165, 1.54) is 0 Å². The molecular formula is C13H23N3O. The minimum Gasteiger partial charge on any atom is -0.478 e. The van der Waals surface area contributed by atoms with Crippen LogP contribution in [0.5, 0.6) is 5.88 Å². The maximum Gasteiger partial charge on any atom is 0.219 e. The van der Waals surface area contributed by atoms with Crippen molar-refractivity contribution in [2.75, 3.05) is 6.61 Å². The van der Waals surface area contributed by atoms with Crippen molar-refractivity contribution < 1.29 is 4.74 Å². The lowest BCUT2D eigenvalue weighted by Gasteiger charge is -2.15. The molecule has 1 aromatic heterocycles. The Labute approximate surface area is 104 Å². The molecule has 2 N–H and O–H groups in total. The Morgan fingerprint density at radius 3 is 2.65 bits per heavy atom. The molecule has 0 aliphatic carbocycles. The zero-order valence-electron chi connectivity index (χ0n) is 11.2. The fourth-order valence-electron chi connectivity index (χ4n) is 1.89. The van der Waals surface area contributed by atoms with Gasteiger partial charge in [0.25, 0.3) is 0 Å². The molecule has 1 heterocycles. The molecule has 0 aliphatic rings. The normalized spacial score (nSPS) is 12.8. The van der Waals surface area contributed by atoms with E-state index in [-0.39, 0.29) is 6.04 Å². The van der Waals surface area contributed by atoms with Crippen LogP contribution >= 0.6 is 0 Å². The molecule has 0 saturated carbocycles. The summed E-state index contributed by atoms with van der Waals surface area (Å²) in [6.45, 7) is 8.92. The summed E-state index contributed by atoms with van der Waals surface area (Å²) in [6.07, 6.45) is 3.34. The number of aromatic nitrogens is 2. The first-order valence-corrected chi connectivity index (χ1v) is 6.23.